The van der Waals surface area contributed by atoms with Gasteiger partial charge < -0.3 is 15.5 Å². The molecule has 0 amide bonds. The molecular weight excluding hydrogens is 214 g/mol. The van der Waals surface area contributed by atoms with Crippen molar-refractivity contribution in [3.8, 4) is 11.5 Å². The number of hydrogen-bond donors (Lipinski definition) is 3. The zero-order chi connectivity index (χ0) is 12.3. The van der Waals surface area contributed by atoms with E-state index < -0.39 is 0 Å². The second kappa shape index (κ2) is 4.78. The highest BCUT2D eigenvalue weighted by Gasteiger charge is 1.99. The molecule has 0 radical (unpaired) electrons. The van der Waals surface area contributed by atoms with Crippen LogP contribution in [0.3, 0.4) is 0 Å². The van der Waals surface area contributed by atoms with Crippen molar-refractivity contribution in [2.45, 2.75) is 13.5 Å². The second-order valence-electron chi connectivity index (χ2n) is 4.02. The highest BCUT2D eigenvalue weighted by atomic mass is 16.3. The van der Waals surface area contributed by atoms with Crippen LogP contribution >= 0.6 is 0 Å². The first-order chi connectivity index (χ1) is 8.15. The number of hydrogen-bond acceptors (Lipinski definition) is 3. The molecule has 0 atom stereocenters. The molecule has 0 aliphatic heterocycles. The van der Waals surface area contributed by atoms with Gasteiger partial charge in [-0.05, 0) is 48.4 Å². The van der Waals surface area contributed by atoms with E-state index in [4.69, 9.17) is 5.11 Å². The molecule has 0 bridgehead atoms. The zero-order valence-corrected chi connectivity index (χ0v) is 9.64. The predicted molar refractivity (Wildman–Crippen MR) is 68.3 cm³/mol. The van der Waals surface area contributed by atoms with Crippen molar-refractivity contribution in [2.75, 3.05) is 5.32 Å². The molecular formula is C14H15NO2. The van der Waals surface area contributed by atoms with E-state index in [0.717, 1.165) is 16.8 Å². The Bertz CT molecular complexity index is 506. The quantitative estimate of drug-likeness (QED) is 0.709. The molecule has 0 saturated carbocycles. The van der Waals surface area contributed by atoms with Crippen LogP contribution in [0.2, 0.25) is 0 Å². The number of rotatable bonds is 3. The molecule has 88 valence electrons. The van der Waals surface area contributed by atoms with Crippen molar-refractivity contribution in [1.29, 1.82) is 0 Å². The first-order valence-corrected chi connectivity index (χ1v) is 5.46. The summed E-state index contributed by atoms with van der Waals surface area (Å²) in [6.45, 7) is 2.63. The zero-order valence-electron chi connectivity index (χ0n) is 9.64. The molecule has 0 unspecified atom stereocenters. The monoisotopic (exact) mass is 229 g/mol. The van der Waals surface area contributed by atoms with Crippen molar-refractivity contribution in [2.24, 2.45) is 0 Å². The number of anilines is 1. The summed E-state index contributed by atoms with van der Waals surface area (Å²) in [5.74, 6) is 0.548. The fourth-order valence-corrected chi connectivity index (χ4v) is 1.66. The maximum absolute atomic E-state index is 9.30. The molecule has 2 rings (SSSR count). The summed E-state index contributed by atoms with van der Waals surface area (Å²) >= 11 is 0. The Balaban J connectivity index is 2.04. The van der Waals surface area contributed by atoms with Gasteiger partial charge in [0.15, 0.2) is 0 Å². The Morgan fingerprint density at radius 2 is 1.59 bits per heavy atom. The van der Waals surface area contributed by atoms with Crippen LogP contribution in [0.15, 0.2) is 42.5 Å². The number of aryl methyl sites for hydroxylation is 1. The van der Waals surface area contributed by atoms with Gasteiger partial charge in [0.05, 0.1) is 0 Å². The van der Waals surface area contributed by atoms with E-state index in [0.29, 0.717) is 6.54 Å². The summed E-state index contributed by atoms with van der Waals surface area (Å²) in [5, 5.41) is 21.7. The van der Waals surface area contributed by atoms with Crippen LogP contribution in [-0.2, 0) is 6.54 Å². The average molecular weight is 229 g/mol. The van der Waals surface area contributed by atoms with Gasteiger partial charge in [0.1, 0.15) is 11.5 Å². The summed E-state index contributed by atoms with van der Waals surface area (Å²) in [7, 11) is 0. The first-order valence-electron chi connectivity index (χ1n) is 5.46. The van der Waals surface area contributed by atoms with E-state index in [-0.39, 0.29) is 11.5 Å². The lowest BCUT2D eigenvalue weighted by Crippen LogP contribution is -2.00. The van der Waals surface area contributed by atoms with E-state index >= 15 is 0 Å². The summed E-state index contributed by atoms with van der Waals surface area (Å²) in [6.07, 6.45) is 0. The third-order valence-electron chi connectivity index (χ3n) is 2.63. The largest absolute Gasteiger partial charge is 0.508 e. The van der Waals surface area contributed by atoms with Crippen molar-refractivity contribution in [1.82, 2.24) is 0 Å². The molecule has 0 fully saturated rings. The molecule has 2 aromatic carbocycles. The molecule has 17 heavy (non-hydrogen) atoms. The van der Waals surface area contributed by atoms with E-state index in [1.807, 2.05) is 25.1 Å². The molecule has 3 N–H and O–H groups in total. The van der Waals surface area contributed by atoms with Gasteiger partial charge in [0.2, 0.25) is 0 Å². The van der Waals surface area contributed by atoms with Gasteiger partial charge in [-0.2, -0.15) is 0 Å². The first kappa shape index (κ1) is 11.3. The number of phenolic OH excluding ortho intramolecular Hbond substituents is 2. The molecule has 0 spiro atoms. The molecule has 0 saturated heterocycles. The number of aromatic hydroxyl groups is 2. The maximum atomic E-state index is 9.30. The van der Waals surface area contributed by atoms with Gasteiger partial charge in [0.25, 0.3) is 0 Å². The highest BCUT2D eigenvalue weighted by molar-refractivity contribution is 5.53. The van der Waals surface area contributed by atoms with Crippen LogP contribution in [0.4, 0.5) is 5.69 Å². The predicted octanol–water partition coefficient (Wildman–Crippen LogP) is 3.02. The average Bonchev–Trinajstić information content (AvgIpc) is 2.30. The fraction of sp³-hybridized carbons (Fsp3) is 0.143. The summed E-state index contributed by atoms with van der Waals surface area (Å²) in [6, 6.07) is 12.3. The Hall–Kier alpha value is -2.16. The van der Waals surface area contributed by atoms with Crippen LogP contribution < -0.4 is 5.32 Å². The van der Waals surface area contributed by atoms with Gasteiger partial charge in [-0.25, -0.2) is 0 Å². The molecule has 0 heterocycles. The van der Waals surface area contributed by atoms with E-state index in [1.165, 1.54) is 0 Å². The Morgan fingerprint density at radius 3 is 2.24 bits per heavy atom. The van der Waals surface area contributed by atoms with Crippen molar-refractivity contribution in [3.63, 3.8) is 0 Å². The fourth-order valence-electron chi connectivity index (χ4n) is 1.66. The van der Waals surface area contributed by atoms with Gasteiger partial charge in [0, 0.05) is 12.2 Å². The summed E-state index contributed by atoms with van der Waals surface area (Å²) in [5.41, 5.74) is 3.09. The topological polar surface area (TPSA) is 52.5 Å². The number of benzene rings is 2. The molecule has 0 aromatic heterocycles. The normalized spacial score (nSPS) is 10.2. The molecule has 0 aliphatic carbocycles. The van der Waals surface area contributed by atoms with Gasteiger partial charge >= 0.3 is 0 Å². The van der Waals surface area contributed by atoms with E-state index in [2.05, 4.69) is 5.32 Å². The minimum atomic E-state index is 0.273. The minimum Gasteiger partial charge on any atom is -0.508 e. The summed E-state index contributed by atoms with van der Waals surface area (Å²) < 4.78 is 0. The molecule has 0 aliphatic rings. The molecule has 2 aromatic rings. The second-order valence-corrected chi connectivity index (χ2v) is 4.02. The van der Waals surface area contributed by atoms with Crippen molar-refractivity contribution >= 4 is 5.69 Å². The Kier molecular flexibility index (Phi) is 3.19. The van der Waals surface area contributed by atoms with Gasteiger partial charge in [-0.1, -0.05) is 12.1 Å². The third-order valence-corrected chi connectivity index (χ3v) is 2.63. The van der Waals surface area contributed by atoms with Crippen LogP contribution in [0, 0.1) is 6.92 Å². The molecule has 3 nitrogen and oxygen atoms in total. The Morgan fingerprint density at radius 1 is 0.941 bits per heavy atom. The lowest BCUT2D eigenvalue weighted by Gasteiger charge is -2.09. The lowest BCUT2D eigenvalue weighted by atomic mass is 10.1. The van der Waals surface area contributed by atoms with Crippen LogP contribution in [0.5, 0.6) is 11.5 Å². The standard InChI is InChI=1S/C14H15NO2/c1-10-8-13(17)6-7-14(10)15-9-11-2-4-12(16)5-3-11/h2-8,15-17H,9H2,1H3. The minimum absolute atomic E-state index is 0.273. The molecule has 3 heteroatoms. The van der Waals surface area contributed by atoms with Crippen LogP contribution in [0.25, 0.3) is 0 Å². The van der Waals surface area contributed by atoms with Crippen LogP contribution in [-0.4, -0.2) is 10.2 Å². The number of phenols is 2. The smallest absolute Gasteiger partial charge is 0.115 e. The van der Waals surface area contributed by atoms with Gasteiger partial charge in [-0.15, -0.1) is 0 Å². The SMILES string of the molecule is Cc1cc(O)ccc1NCc1ccc(O)cc1. The van der Waals surface area contributed by atoms with Gasteiger partial charge in [-0.3, -0.25) is 0 Å². The highest BCUT2D eigenvalue weighted by Crippen LogP contribution is 2.21. The van der Waals surface area contributed by atoms with Crippen molar-refractivity contribution in [3.05, 3.63) is 53.6 Å². The summed E-state index contributed by atoms with van der Waals surface area (Å²) in [4.78, 5) is 0. The van der Waals surface area contributed by atoms with E-state index in [1.54, 1.807) is 24.3 Å². The van der Waals surface area contributed by atoms with Crippen LogP contribution in [0.1, 0.15) is 11.1 Å². The van der Waals surface area contributed by atoms with E-state index in [9.17, 15) is 5.11 Å². The maximum Gasteiger partial charge on any atom is 0.115 e. The Labute approximate surface area is 100 Å². The lowest BCUT2D eigenvalue weighted by molar-refractivity contribution is 0.474. The third kappa shape index (κ3) is 2.91. The number of nitrogens with one attached hydrogen (secondary N) is 1. The van der Waals surface area contributed by atoms with Crippen molar-refractivity contribution < 1.29 is 10.2 Å².